The van der Waals surface area contributed by atoms with Gasteiger partial charge in [0.05, 0.1) is 12.3 Å². The van der Waals surface area contributed by atoms with Gasteiger partial charge in [-0.15, -0.1) is 13.2 Å². The normalized spacial score (nSPS) is 11.2. The maximum absolute atomic E-state index is 12.7. The number of rotatable bonds is 6. The van der Waals surface area contributed by atoms with E-state index >= 15 is 0 Å². The predicted octanol–water partition coefficient (Wildman–Crippen LogP) is 3.71. The van der Waals surface area contributed by atoms with Crippen molar-refractivity contribution in [3.8, 4) is 22.6 Å². The number of carbonyl (C=O) groups is 2. The maximum atomic E-state index is 12.7. The predicted molar refractivity (Wildman–Crippen MR) is 100 cm³/mol. The molecule has 0 aliphatic rings. The summed E-state index contributed by atoms with van der Waals surface area (Å²) in [6.07, 6.45) is -4.86. The number of alkyl halides is 3. The molecule has 156 valence electrons. The molecule has 0 aliphatic heterocycles. The van der Waals surface area contributed by atoms with Gasteiger partial charge in [-0.25, -0.2) is 9.48 Å². The number of primary amides is 1. The maximum Gasteiger partial charge on any atom is 0.573 e. The van der Waals surface area contributed by atoms with Crippen LogP contribution in [0.15, 0.2) is 54.6 Å². The van der Waals surface area contributed by atoms with Crippen LogP contribution >= 0.6 is 0 Å². The summed E-state index contributed by atoms with van der Waals surface area (Å²) in [5, 5.41) is 4.03. The average molecular weight is 419 g/mol. The standard InChI is InChI=1S/C20H16F3N3O4/c1-2-29-19(28)16-11-15(18(24)27)25-26(16)13-7-5-6-12(10-13)14-8-3-4-9-17(14)30-20(21,22)23/h3-11H,2H2,1H3,(H2,24,27). The van der Waals surface area contributed by atoms with E-state index in [1.165, 1.54) is 30.3 Å². The highest BCUT2D eigenvalue weighted by molar-refractivity contribution is 5.95. The SMILES string of the molecule is CCOC(=O)c1cc(C(N)=O)nn1-c1cccc(-c2ccccc2OC(F)(F)F)c1. The largest absolute Gasteiger partial charge is 0.573 e. The molecule has 30 heavy (non-hydrogen) atoms. The van der Waals surface area contributed by atoms with Crippen molar-refractivity contribution in [3.63, 3.8) is 0 Å². The number of para-hydroxylation sites is 1. The van der Waals surface area contributed by atoms with Crippen molar-refractivity contribution in [2.24, 2.45) is 5.73 Å². The zero-order valence-electron chi connectivity index (χ0n) is 15.6. The summed E-state index contributed by atoms with van der Waals surface area (Å²) in [4.78, 5) is 23.8. The number of nitrogens with two attached hydrogens (primary N) is 1. The summed E-state index contributed by atoms with van der Waals surface area (Å²) < 4.78 is 48.5. The van der Waals surface area contributed by atoms with Crippen LogP contribution in [0.3, 0.4) is 0 Å². The highest BCUT2D eigenvalue weighted by Gasteiger charge is 2.32. The van der Waals surface area contributed by atoms with Crippen LogP contribution in [0.2, 0.25) is 0 Å². The number of nitrogens with zero attached hydrogens (tertiary/aromatic N) is 2. The lowest BCUT2D eigenvalue weighted by molar-refractivity contribution is -0.274. The fraction of sp³-hybridized carbons (Fsp3) is 0.150. The lowest BCUT2D eigenvalue weighted by Gasteiger charge is -2.14. The smallest absolute Gasteiger partial charge is 0.461 e. The van der Waals surface area contributed by atoms with Crippen LogP contribution in [0.5, 0.6) is 5.75 Å². The molecular formula is C20H16F3N3O4. The first-order valence-electron chi connectivity index (χ1n) is 8.72. The van der Waals surface area contributed by atoms with Crippen LogP contribution in [0.4, 0.5) is 13.2 Å². The third kappa shape index (κ3) is 4.59. The van der Waals surface area contributed by atoms with Gasteiger partial charge in [0.15, 0.2) is 11.4 Å². The zero-order valence-corrected chi connectivity index (χ0v) is 15.6. The Kier molecular flexibility index (Phi) is 5.77. The van der Waals surface area contributed by atoms with E-state index in [4.69, 9.17) is 10.5 Å². The third-order valence-electron chi connectivity index (χ3n) is 3.96. The Hall–Kier alpha value is -3.82. The quantitative estimate of drug-likeness (QED) is 0.615. The minimum absolute atomic E-state index is 0.0531. The number of hydrogen-bond acceptors (Lipinski definition) is 5. The molecule has 2 N–H and O–H groups in total. The molecule has 1 heterocycles. The van der Waals surface area contributed by atoms with Gasteiger partial charge in [-0.05, 0) is 30.7 Å². The van der Waals surface area contributed by atoms with Gasteiger partial charge in [0, 0.05) is 11.6 Å². The summed E-state index contributed by atoms with van der Waals surface area (Å²) in [7, 11) is 0. The molecular weight excluding hydrogens is 403 g/mol. The van der Waals surface area contributed by atoms with Crippen LogP contribution in [0.1, 0.15) is 27.9 Å². The summed E-state index contributed by atoms with van der Waals surface area (Å²) in [6, 6.07) is 13.0. The molecule has 0 radical (unpaired) electrons. The lowest BCUT2D eigenvalue weighted by Crippen LogP contribution is -2.17. The first-order valence-corrected chi connectivity index (χ1v) is 8.72. The van der Waals surface area contributed by atoms with Crippen molar-refractivity contribution < 1.29 is 32.2 Å². The van der Waals surface area contributed by atoms with Crippen LogP contribution in [-0.2, 0) is 4.74 Å². The van der Waals surface area contributed by atoms with Gasteiger partial charge in [-0.2, -0.15) is 5.10 Å². The third-order valence-corrected chi connectivity index (χ3v) is 3.96. The molecule has 0 unspecified atom stereocenters. The molecule has 7 nitrogen and oxygen atoms in total. The van der Waals surface area contributed by atoms with Crippen molar-refractivity contribution >= 4 is 11.9 Å². The Labute approximate surface area is 168 Å². The molecule has 10 heteroatoms. The van der Waals surface area contributed by atoms with E-state index in [1.54, 1.807) is 31.2 Å². The van der Waals surface area contributed by atoms with Gasteiger partial charge in [-0.3, -0.25) is 4.79 Å². The van der Waals surface area contributed by atoms with Crippen molar-refractivity contribution in [3.05, 3.63) is 66.0 Å². The second-order valence-corrected chi connectivity index (χ2v) is 6.01. The molecule has 0 spiro atoms. The molecule has 2 aromatic carbocycles. The number of amides is 1. The number of aromatic nitrogens is 2. The molecule has 0 fully saturated rings. The molecule has 0 atom stereocenters. The number of hydrogen-bond donors (Lipinski definition) is 1. The average Bonchev–Trinajstić information content (AvgIpc) is 3.13. The highest BCUT2D eigenvalue weighted by atomic mass is 19.4. The summed E-state index contributed by atoms with van der Waals surface area (Å²) in [5.41, 5.74) is 5.90. The number of ether oxygens (including phenoxy) is 2. The van der Waals surface area contributed by atoms with E-state index in [9.17, 15) is 22.8 Å². The summed E-state index contributed by atoms with van der Waals surface area (Å²) in [6.45, 7) is 1.71. The molecule has 1 amide bonds. The topological polar surface area (TPSA) is 96.4 Å². The first-order chi connectivity index (χ1) is 14.2. The van der Waals surface area contributed by atoms with Gasteiger partial charge in [0.25, 0.3) is 5.91 Å². The van der Waals surface area contributed by atoms with E-state index in [-0.39, 0.29) is 29.3 Å². The van der Waals surface area contributed by atoms with Crippen LogP contribution in [0.25, 0.3) is 16.8 Å². The summed E-state index contributed by atoms with van der Waals surface area (Å²) in [5.74, 6) is -1.96. The molecule has 3 aromatic rings. The lowest BCUT2D eigenvalue weighted by atomic mass is 10.0. The molecule has 0 bridgehead atoms. The van der Waals surface area contributed by atoms with E-state index in [0.29, 0.717) is 11.3 Å². The van der Waals surface area contributed by atoms with Gasteiger partial charge < -0.3 is 15.2 Å². The Balaban J connectivity index is 2.10. The number of halogens is 3. The molecule has 0 saturated heterocycles. The van der Waals surface area contributed by atoms with Gasteiger partial charge in [-0.1, -0.05) is 30.3 Å². The zero-order chi connectivity index (χ0) is 21.9. The van der Waals surface area contributed by atoms with E-state index in [2.05, 4.69) is 9.84 Å². The number of benzene rings is 2. The van der Waals surface area contributed by atoms with Crippen molar-refractivity contribution in [2.75, 3.05) is 6.61 Å². The fourth-order valence-corrected chi connectivity index (χ4v) is 2.77. The van der Waals surface area contributed by atoms with Crippen LogP contribution < -0.4 is 10.5 Å². The minimum Gasteiger partial charge on any atom is -0.461 e. The van der Waals surface area contributed by atoms with Crippen molar-refractivity contribution in [1.29, 1.82) is 0 Å². The van der Waals surface area contributed by atoms with Gasteiger partial charge >= 0.3 is 12.3 Å². The monoisotopic (exact) mass is 419 g/mol. The Bertz CT molecular complexity index is 1090. The number of carbonyl (C=O) groups excluding carboxylic acids is 2. The van der Waals surface area contributed by atoms with Crippen LogP contribution in [0, 0.1) is 0 Å². The molecule has 1 aromatic heterocycles. The number of esters is 1. The second-order valence-electron chi connectivity index (χ2n) is 6.01. The van der Waals surface area contributed by atoms with Gasteiger partial charge in [0.1, 0.15) is 5.75 Å². The van der Waals surface area contributed by atoms with E-state index in [0.717, 1.165) is 4.68 Å². The van der Waals surface area contributed by atoms with E-state index in [1.807, 2.05) is 0 Å². The van der Waals surface area contributed by atoms with Crippen LogP contribution in [-0.4, -0.2) is 34.6 Å². The molecule has 0 saturated carbocycles. The highest BCUT2D eigenvalue weighted by Crippen LogP contribution is 2.34. The fourth-order valence-electron chi connectivity index (χ4n) is 2.77. The second kappa shape index (κ2) is 8.27. The minimum atomic E-state index is -4.86. The molecule has 0 aliphatic carbocycles. The first kappa shape index (κ1) is 20.9. The Morgan fingerprint density at radius 1 is 1.10 bits per heavy atom. The molecule has 3 rings (SSSR count). The van der Waals surface area contributed by atoms with E-state index < -0.39 is 18.2 Å². The van der Waals surface area contributed by atoms with Gasteiger partial charge in [0.2, 0.25) is 0 Å². The van der Waals surface area contributed by atoms with Crippen molar-refractivity contribution in [1.82, 2.24) is 9.78 Å². The summed E-state index contributed by atoms with van der Waals surface area (Å²) >= 11 is 0. The van der Waals surface area contributed by atoms with Crippen molar-refractivity contribution in [2.45, 2.75) is 13.3 Å². The Morgan fingerprint density at radius 2 is 1.83 bits per heavy atom. The Morgan fingerprint density at radius 3 is 2.50 bits per heavy atom.